The summed E-state index contributed by atoms with van der Waals surface area (Å²) >= 11 is 10.5. The molecule has 42 valence electrons. The Hall–Kier alpha value is 0.0500. The first-order valence-corrected chi connectivity index (χ1v) is 2.60. The fraction of sp³-hybridized carbons (Fsp3) is 0.667. The minimum atomic E-state index is -0.542. The lowest BCUT2D eigenvalue weighted by molar-refractivity contribution is 0.133. The molecule has 0 fully saturated rings. The molecule has 0 aliphatic heterocycles. The summed E-state index contributed by atoms with van der Waals surface area (Å²) in [6.07, 6.45) is 0. The third kappa shape index (κ3) is 3.89. The first-order chi connectivity index (χ1) is 3.31. The van der Waals surface area contributed by atoms with Crippen LogP contribution in [0.5, 0.6) is 0 Å². The van der Waals surface area contributed by atoms with Crippen LogP contribution in [-0.2, 0) is 4.84 Å². The summed E-state index contributed by atoms with van der Waals surface area (Å²) in [7, 11) is 0. The molecule has 0 saturated heterocycles. The van der Waals surface area contributed by atoms with Gasteiger partial charge < -0.3 is 4.84 Å². The van der Waals surface area contributed by atoms with E-state index in [0.29, 0.717) is 0 Å². The first-order valence-electron chi connectivity index (χ1n) is 1.63. The van der Waals surface area contributed by atoms with Gasteiger partial charge in [-0.3, -0.25) is 0 Å². The lowest BCUT2D eigenvalue weighted by Crippen LogP contribution is -2.00. The fourth-order valence-corrected chi connectivity index (χ4v) is 0.222. The van der Waals surface area contributed by atoms with E-state index in [9.17, 15) is 0 Å². The Morgan fingerprint density at radius 1 is 1.86 bits per heavy atom. The Morgan fingerprint density at radius 2 is 2.43 bits per heavy atom. The van der Waals surface area contributed by atoms with Crippen molar-refractivity contribution >= 4 is 29.9 Å². The molecule has 0 rings (SSSR count). The van der Waals surface area contributed by atoms with Gasteiger partial charge >= 0.3 is 0 Å². The number of hydrogen-bond donors (Lipinski definition) is 0. The molecule has 0 aromatic rings. The topological polar surface area (TPSA) is 21.6 Å². The van der Waals surface area contributed by atoms with Gasteiger partial charge in [-0.2, -0.15) is 0 Å². The monoisotopic (exact) mass is 141 g/mol. The zero-order valence-electron chi connectivity index (χ0n) is 3.60. The molecule has 1 atom stereocenters. The fourth-order valence-electron chi connectivity index (χ4n) is 0.109. The molecule has 0 aromatic carbocycles. The second-order valence-electron chi connectivity index (χ2n) is 0.799. The Bertz CT molecular complexity index is 58.9. The molecule has 0 saturated carbocycles. The van der Waals surface area contributed by atoms with Gasteiger partial charge in [0.05, 0.1) is 5.88 Å². The van der Waals surface area contributed by atoms with Crippen LogP contribution in [0.2, 0.25) is 0 Å². The van der Waals surface area contributed by atoms with Crippen LogP contribution in [0.1, 0.15) is 0 Å². The second-order valence-corrected chi connectivity index (χ2v) is 1.59. The quantitative estimate of drug-likeness (QED) is 0.331. The van der Waals surface area contributed by atoms with Gasteiger partial charge in [0.2, 0.25) is 5.56 Å². The summed E-state index contributed by atoms with van der Waals surface area (Å²) in [5.41, 5.74) is -0.542. The summed E-state index contributed by atoms with van der Waals surface area (Å²) in [6.45, 7) is 3.03. The molecule has 0 N–H and O–H groups in total. The summed E-state index contributed by atoms with van der Waals surface area (Å²) < 4.78 is 0. The lowest BCUT2D eigenvalue weighted by atomic mass is 10.9. The van der Waals surface area contributed by atoms with Crippen LogP contribution in [0.15, 0.2) is 5.16 Å². The first kappa shape index (κ1) is 7.05. The maximum atomic E-state index is 5.28. The Morgan fingerprint density at radius 3 is 2.57 bits per heavy atom. The molecule has 0 bridgehead atoms. The molecule has 7 heavy (non-hydrogen) atoms. The van der Waals surface area contributed by atoms with Gasteiger partial charge in [0, 0.05) is 6.72 Å². The van der Waals surface area contributed by atoms with Crippen molar-refractivity contribution in [1.29, 1.82) is 0 Å². The third-order valence-corrected chi connectivity index (χ3v) is 0.982. The van der Waals surface area contributed by atoms with Crippen LogP contribution in [0, 0.1) is 0 Å². The molecule has 0 aliphatic carbocycles. The van der Waals surface area contributed by atoms with E-state index in [1.165, 1.54) is 0 Å². The van der Waals surface area contributed by atoms with E-state index in [4.69, 9.17) is 23.2 Å². The van der Waals surface area contributed by atoms with E-state index < -0.39 is 5.56 Å². The van der Waals surface area contributed by atoms with E-state index in [2.05, 4.69) is 16.7 Å². The predicted molar refractivity (Wildman–Crippen MR) is 31.0 cm³/mol. The van der Waals surface area contributed by atoms with Crippen LogP contribution in [0.4, 0.5) is 0 Å². The highest BCUT2D eigenvalue weighted by Crippen LogP contribution is 1.99. The number of halogens is 2. The van der Waals surface area contributed by atoms with Gasteiger partial charge in [0.15, 0.2) is 0 Å². The number of hydrogen-bond acceptors (Lipinski definition) is 2. The van der Waals surface area contributed by atoms with Gasteiger partial charge in [-0.25, -0.2) is 0 Å². The smallest absolute Gasteiger partial charge is 0.213 e. The normalized spacial score (nSPS) is 12.9. The highest BCUT2D eigenvalue weighted by atomic mass is 35.5. The van der Waals surface area contributed by atoms with Crippen LogP contribution in [0.3, 0.4) is 0 Å². The van der Waals surface area contributed by atoms with E-state index in [1.807, 2.05) is 0 Å². The van der Waals surface area contributed by atoms with Crippen molar-refractivity contribution in [3.8, 4) is 0 Å². The van der Waals surface area contributed by atoms with Crippen molar-refractivity contribution in [3.05, 3.63) is 0 Å². The van der Waals surface area contributed by atoms with Crippen LogP contribution in [0.25, 0.3) is 0 Å². The van der Waals surface area contributed by atoms with Crippen molar-refractivity contribution in [2.24, 2.45) is 5.16 Å². The molecule has 0 aromatic heterocycles. The van der Waals surface area contributed by atoms with Gasteiger partial charge in [0.1, 0.15) is 0 Å². The Kier molecular flexibility index (Phi) is 4.25. The van der Waals surface area contributed by atoms with Crippen LogP contribution in [-0.4, -0.2) is 18.2 Å². The molecule has 0 aliphatic rings. The highest BCUT2D eigenvalue weighted by molar-refractivity contribution is 6.27. The molecule has 0 radical (unpaired) electrons. The average molecular weight is 142 g/mol. The average Bonchev–Trinajstić information content (AvgIpc) is 1.68. The van der Waals surface area contributed by atoms with Gasteiger partial charge in [-0.1, -0.05) is 11.6 Å². The molecule has 0 amide bonds. The van der Waals surface area contributed by atoms with E-state index >= 15 is 0 Å². The third-order valence-electron chi connectivity index (χ3n) is 0.310. The number of nitrogens with zero attached hydrogens (tertiary/aromatic N) is 1. The largest absolute Gasteiger partial charge is 0.376 e. The molecule has 0 heterocycles. The second kappa shape index (κ2) is 4.22. The van der Waals surface area contributed by atoms with Crippen LogP contribution < -0.4 is 0 Å². The molecule has 4 heteroatoms. The minimum Gasteiger partial charge on any atom is -0.376 e. The number of alkyl halides is 2. The summed E-state index contributed by atoms with van der Waals surface area (Å²) in [5, 5.41) is 3.04. The summed E-state index contributed by atoms with van der Waals surface area (Å²) in [6, 6.07) is 0. The van der Waals surface area contributed by atoms with E-state index in [1.54, 1.807) is 0 Å². The van der Waals surface area contributed by atoms with Crippen molar-refractivity contribution in [2.75, 3.05) is 5.88 Å². The molecule has 2 nitrogen and oxygen atoms in total. The van der Waals surface area contributed by atoms with Crippen molar-refractivity contribution in [3.63, 3.8) is 0 Å². The highest BCUT2D eigenvalue weighted by Gasteiger charge is 1.97. The van der Waals surface area contributed by atoms with Gasteiger partial charge in [-0.15, -0.1) is 16.8 Å². The van der Waals surface area contributed by atoms with Crippen molar-refractivity contribution in [2.45, 2.75) is 5.56 Å². The Labute approximate surface area is 52.0 Å². The van der Waals surface area contributed by atoms with Crippen LogP contribution >= 0.6 is 23.2 Å². The zero-order chi connectivity index (χ0) is 5.70. The van der Waals surface area contributed by atoms with Crippen molar-refractivity contribution < 1.29 is 4.84 Å². The van der Waals surface area contributed by atoms with Gasteiger partial charge in [0.25, 0.3) is 0 Å². The number of oxime groups is 1. The maximum absolute atomic E-state index is 5.28. The number of rotatable bonds is 3. The lowest BCUT2D eigenvalue weighted by Gasteiger charge is -1.98. The van der Waals surface area contributed by atoms with Gasteiger partial charge in [-0.05, 0) is 0 Å². The maximum Gasteiger partial charge on any atom is 0.213 e. The predicted octanol–water partition coefficient (Wildman–Crippen LogP) is 1.42. The van der Waals surface area contributed by atoms with E-state index in [-0.39, 0.29) is 5.88 Å². The molecular weight excluding hydrogens is 137 g/mol. The minimum absolute atomic E-state index is 0.223. The van der Waals surface area contributed by atoms with Crippen molar-refractivity contribution in [1.82, 2.24) is 0 Å². The zero-order valence-corrected chi connectivity index (χ0v) is 5.11. The molecule has 1 unspecified atom stereocenters. The SMILES string of the molecule is C=NOC(Cl)CCl. The molecule has 0 spiro atoms. The Balaban J connectivity index is 2.98. The summed E-state index contributed by atoms with van der Waals surface area (Å²) in [4.78, 5) is 4.34. The molecular formula is C3H5Cl2NO. The standard InChI is InChI=1S/C3H5Cl2NO/c1-6-7-3(5)2-4/h3H,1-2H2. The van der Waals surface area contributed by atoms with E-state index in [0.717, 1.165) is 0 Å². The summed E-state index contributed by atoms with van der Waals surface area (Å²) in [5.74, 6) is 0.223.